The minimum Gasteiger partial charge on any atom is -0.326 e. The summed E-state index contributed by atoms with van der Waals surface area (Å²) >= 11 is 0. The molecule has 0 fully saturated rings. The van der Waals surface area contributed by atoms with Gasteiger partial charge in [0.2, 0.25) is 0 Å². The molecule has 0 aromatic rings. The molecule has 2 atom stereocenters. The first-order valence-electron chi connectivity index (χ1n) is 12.3. The highest BCUT2D eigenvalue weighted by molar-refractivity contribution is 4.75. The number of rotatable bonds is 22. The summed E-state index contributed by atoms with van der Waals surface area (Å²) in [5.41, 5.74) is 17.4. The zero-order valence-electron chi connectivity index (χ0n) is 19.2. The largest absolute Gasteiger partial charge is 0.326 e. The normalized spacial score (nSPS) is 13.9. The maximum atomic E-state index is 6.24. The highest BCUT2D eigenvalue weighted by atomic mass is 15.0. The predicted octanol–water partition coefficient (Wildman–Crippen LogP) is 4.00. The van der Waals surface area contributed by atoms with Gasteiger partial charge in [0.25, 0.3) is 0 Å². The molecule has 0 aromatic carbocycles. The van der Waals surface area contributed by atoms with Gasteiger partial charge in [-0.25, -0.2) is 0 Å². The number of hydrogen-bond donors (Lipinski definition) is 5. The summed E-state index contributed by atoms with van der Waals surface area (Å²) in [4.78, 5) is 0. The van der Waals surface area contributed by atoms with Crippen LogP contribution in [0.3, 0.4) is 0 Å². The maximum Gasteiger partial charge on any atom is 0.0533 e. The summed E-state index contributed by atoms with van der Waals surface area (Å²) < 4.78 is 0. The monoisotopic (exact) mass is 399 g/mol. The van der Waals surface area contributed by atoms with Gasteiger partial charge in [0.1, 0.15) is 0 Å². The highest BCUT2D eigenvalue weighted by Gasteiger charge is 2.11. The summed E-state index contributed by atoms with van der Waals surface area (Å²) in [6, 6.07) is 0.512. The molecule has 0 saturated carbocycles. The van der Waals surface area contributed by atoms with E-state index in [9.17, 15) is 0 Å². The Bertz CT molecular complexity index is 299. The predicted molar refractivity (Wildman–Crippen MR) is 125 cm³/mol. The second-order valence-corrected chi connectivity index (χ2v) is 8.64. The highest BCUT2D eigenvalue weighted by Crippen LogP contribution is 2.11. The van der Waals surface area contributed by atoms with E-state index in [0.717, 1.165) is 38.9 Å². The Morgan fingerprint density at radius 1 is 0.607 bits per heavy atom. The molecule has 0 rings (SSSR count). The average Bonchev–Trinajstić information content (AvgIpc) is 2.67. The van der Waals surface area contributed by atoms with Crippen molar-refractivity contribution in [2.24, 2.45) is 17.2 Å². The summed E-state index contributed by atoms with van der Waals surface area (Å²) in [5.74, 6) is 0. The lowest BCUT2D eigenvalue weighted by Gasteiger charge is -2.21. The van der Waals surface area contributed by atoms with Gasteiger partial charge < -0.3 is 27.8 Å². The Morgan fingerprint density at radius 2 is 1.11 bits per heavy atom. The molecule has 0 spiro atoms. The molecule has 0 amide bonds. The fourth-order valence-corrected chi connectivity index (χ4v) is 3.56. The lowest BCUT2D eigenvalue weighted by atomic mass is 10.0. The van der Waals surface area contributed by atoms with Crippen LogP contribution in [0.5, 0.6) is 0 Å². The van der Waals surface area contributed by atoms with E-state index in [2.05, 4.69) is 24.5 Å². The van der Waals surface area contributed by atoms with Crippen molar-refractivity contribution in [1.29, 1.82) is 0 Å². The smallest absolute Gasteiger partial charge is 0.0533 e. The second-order valence-electron chi connectivity index (χ2n) is 8.64. The summed E-state index contributed by atoms with van der Waals surface area (Å²) in [7, 11) is 0. The number of nitrogens with two attached hydrogens (primary N) is 3. The second kappa shape index (κ2) is 21.5. The van der Waals surface area contributed by atoms with Crippen LogP contribution in [0.2, 0.25) is 0 Å². The van der Waals surface area contributed by atoms with Crippen LogP contribution in [0, 0.1) is 0 Å². The Balaban J connectivity index is 3.22. The zero-order chi connectivity index (χ0) is 20.9. The lowest BCUT2D eigenvalue weighted by molar-refractivity contribution is 0.413. The molecule has 28 heavy (non-hydrogen) atoms. The van der Waals surface area contributed by atoms with Crippen molar-refractivity contribution in [3.05, 3.63) is 0 Å². The van der Waals surface area contributed by atoms with E-state index < -0.39 is 0 Å². The van der Waals surface area contributed by atoms with Gasteiger partial charge in [-0.05, 0) is 52.2 Å². The average molecular weight is 400 g/mol. The number of hydrogen-bond acceptors (Lipinski definition) is 5. The van der Waals surface area contributed by atoms with Crippen LogP contribution in [0.1, 0.15) is 110 Å². The van der Waals surface area contributed by atoms with Gasteiger partial charge in [-0.1, -0.05) is 77.6 Å². The molecule has 0 heterocycles. The minimum atomic E-state index is -0.236. The maximum absolute atomic E-state index is 6.24. The standard InChI is InChI=1S/C23H53N5/c1-3-4-5-6-7-8-9-10-11-12-13-14-18-27-19-15-16-22(24)21(2)28-20-17-23(25)26/h21-23,27-28H,3-20,24-26H2,1-2H3. The van der Waals surface area contributed by atoms with E-state index >= 15 is 0 Å². The van der Waals surface area contributed by atoms with E-state index in [-0.39, 0.29) is 12.2 Å². The lowest BCUT2D eigenvalue weighted by Crippen LogP contribution is -2.45. The van der Waals surface area contributed by atoms with Gasteiger partial charge in [-0.2, -0.15) is 0 Å². The Labute approximate surface area is 176 Å². The van der Waals surface area contributed by atoms with Crippen molar-refractivity contribution in [3.63, 3.8) is 0 Å². The molecule has 5 nitrogen and oxygen atoms in total. The van der Waals surface area contributed by atoms with Crippen molar-refractivity contribution < 1.29 is 0 Å². The van der Waals surface area contributed by atoms with Crippen LogP contribution >= 0.6 is 0 Å². The first kappa shape index (κ1) is 27.8. The molecular formula is C23H53N5. The third kappa shape index (κ3) is 20.5. The van der Waals surface area contributed by atoms with Gasteiger partial charge in [0.05, 0.1) is 6.17 Å². The summed E-state index contributed by atoms with van der Waals surface area (Å²) in [5, 5.41) is 6.98. The topological polar surface area (TPSA) is 102 Å². The molecule has 0 aromatic heterocycles. The van der Waals surface area contributed by atoms with Crippen molar-refractivity contribution in [1.82, 2.24) is 10.6 Å². The van der Waals surface area contributed by atoms with Crippen LogP contribution in [0.15, 0.2) is 0 Å². The van der Waals surface area contributed by atoms with Gasteiger partial charge >= 0.3 is 0 Å². The summed E-state index contributed by atoms with van der Waals surface area (Å²) in [6.45, 7) is 7.49. The molecule has 170 valence electrons. The third-order valence-electron chi connectivity index (χ3n) is 5.68. The molecule has 0 bridgehead atoms. The molecule has 0 aliphatic heterocycles. The fourth-order valence-electron chi connectivity index (χ4n) is 3.56. The van der Waals surface area contributed by atoms with Crippen LogP contribution in [-0.2, 0) is 0 Å². The molecule has 2 unspecified atom stereocenters. The van der Waals surface area contributed by atoms with Crippen LogP contribution < -0.4 is 27.8 Å². The minimum absolute atomic E-state index is 0.197. The van der Waals surface area contributed by atoms with E-state index in [1.54, 1.807) is 0 Å². The quantitative estimate of drug-likeness (QED) is 0.140. The zero-order valence-corrected chi connectivity index (χ0v) is 19.2. The number of nitrogens with one attached hydrogen (secondary N) is 2. The molecule has 0 radical (unpaired) electrons. The van der Waals surface area contributed by atoms with Crippen molar-refractivity contribution >= 4 is 0 Å². The van der Waals surface area contributed by atoms with Crippen molar-refractivity contribution in [3.8, 4) is 0 Å². The Kier molecular flexibility index (Phi) is 21.4. The molecule has 0 aliphatic carbocycles. The van der Waals surface area contributed by atoms with Crippen molar-refractivity contribution in [2.45, 2.75) is 128 Å². The van der Waals surface area contributed by atoms with E-state index in [4.69, 9.17) is 17.2 Å². The summed E-state index contributed by atoms with van der Waals surface area (Å²) in [6.07, 6.45) is 19.7. The van der Waals surface area contributed by atoms with E-state index in [0.29, 0.717) is 6.04 Å². The molecular weight excluding hydrogens is 346 g/mol. The van der Waals surface area contributed by atoms with E-state index in [1.165, 1.54) is 77.0 Å². The number of unbranched alkanes of at least 4 members (excludes halogenated alkanes) is 11. The van der Waals surface area contributed by atoms with Gasteiger partial charge in [-0.15, -0.1) is 0 Å². The molecule has 5 heteroatoms. The third-order valence-corrected chi connectivity index (χ3v) is 5.68. The van der Waals surface area contributed by atoms with Gasteiger partial charge in [0, 0.05) is 12.1 Å². The Morgan fingerprint density at radius 3 is 1.64 bits per heavy atom. The molecule has 0 aliphatic rings. The Hall–Kier alpha value is -0.200. The van der Waals surface area contributed by atoms with Gasteiger partial charge in [-0.3, -0.25) is 0 Å². The van der Waals surface area contributed by atoms with Gasteiger partial charge in [0.15, 0.2) is 0 Å². The fraction of sp³-hybridized carbons (Fsp3) is 1.00. The SMILES string of the molecule is CCCCCCCCCCCCCCNCCCC(N)C(C)NCCC(N)N. The molecule has 8 N–H and O–H groups in total. The first-order valence-corrected chi connectivity index (χ1v) is 12.3. The first-order chi connectivity index (χ1) is 13.6. The van der Waals surface area contributed by atoms with Crippen molar-refractivity contribution in [2.75, 3.05) is 19.6 Å². The van der Waals surface area contributed by atoms with Crippen LogP contribution in [0.4, 0.5) is 0 Å². The molecule has 0 saturated heterocycles. The van der Waals surface area contributed by atoms with Crippen LogP contribution in [-0.4, -0.2) is 37.9 Å². The van der Waals surface area contributed by atoms with Crippen LogP contribution in [0.25, 0.3) is 0 Å². The van der Waals surface area contributed by atoms with E-state index in [1.807, 2.05) is 0 Å².